The van der Waals surface area contributed by atoms with E-state index in [1.54, 1.807) is 0 Å². The predicted molar refractivity (Wildman–Crippen MR) is 94.3 cm³/mol. The number of alkyl halides is 6. The van der Waals surface area contributed by atoms with E-state index in [-0.39, 0.29) is 11.9 Å². The lowest BCUT2D eigenvalue weighted by atomic mass is 10.3. The van der Waals surface area contributed by atoms with Crippen LogP contribution >= 0.6 is 69.6 Å². The molecule has 0 heterocycles. The minimum atomic E-state index is -1.24. The molecule has 0 aliphatic heterocycles. The number of ether oxygens (including phenoxy) is 2. The van der Waals surface area contributed by atoms with E-state index in [4.69, 9.17) is 69.6 Å². The summed E-state index contributed by atoms with van der Waals surface area (Å²) in [4.78, 5) is 20.2. The summed E-state index contributed by atoms with van der Waals surface area (Å²) in [5.41, 5.74) is 0. The number of esters is 2. The van der Waals surface area contributed by atoms with Crippen LogP contribution < -0.4 is 0 Å². The van der Waals surface area contributed by atoms with Gasteiger partial charge in [0, 0.05) is 13.8 Å². The lowest BCUT2D eigenvalue weighted by Crippen LogP contribution is -2.06. The molecule has 0 saturated carbocycles. The average molecular weight is 439 g/mol. The molecule has 0 fully saturated rings. The first-order valence-electron chi connectivity index (χ1n) is 5.79. The smallest absolute Gasteiger partial charge is 0.302 e. The highest BCUT2D eigenvalue weighted by molar-refractivity contribution is 6.67. The molecule has 0 aromatic heterocycles. The van der Waals surface area contributed by atoms with Crippen LogP contribution in [-0.2, 0) is 19.1 Å². The summed E-state index contributed by atoms with van der Waals surface area (Å²) in [5, 5.41) is 0. The lowest BCUT2D eigenvalue weighted by Gasteiger charge is -2.09. The third-order valence-corrected chi connectivity index (χ3v) is 1.88. The van der Waals surface area contributed by atoms with Crippen molar-refractivity contribution < 1.29 is 19.1 Å². The van der Waals surface area contributed by atoms with Gasteiger partial charge in [-0.05, 0) is 12.8 Å². The summed E-state index contributed by atoms with van der Waals surface area (Å²) in [7, 11) is 0. The largest absolute Gasteiger partial charge is 0.466 e. The molecule has 0 saturated heterocycles. The molecule has 10 heteroatoms. The number of halogens is 6. The Morgan fingerprint density at radius 1 is 1.09 bits per heavy atom. The van der Waals surface area contributed by atoms with E-state index in [2.05, 4.69) is 16.1 Å². The van der Waals surface area contributed by atoms with E-state index in [0.29, 0.717) is 26.1 Å². The molecule has 132 valence electrons. The molecular formula is C12H18Cl6O4. The molecule has 0 radical (unpaired) electrons. The van der Waals surface area contributed by atoms with Crippen molar-refractivity contribution in [2.45, 2.75) is 34.8 Å². The molecule has 0 aromatic rings. The van der Waals surface area contributed by atoms with Gasteiger partial charge in [0.1, 0.15) is 6.61 Å². The SMILES string of the molecule is C=CCOC(C)=O.CC(=O)OCCCC(Cl)(Cl)Cl.ClC(Cl)Cl. The second-order valence-corrected chi connectivity index (χ2v) is 7.89. The Labute approximate surface area is 160 Å². The van der Waals surface area contributed by atoms with Crippen molar-refractivity contribution in [1.29, 1.82) is 0 Å². The Bertz CT molecular complexity index is 302. The number of rotatable bonds is 5. The molecule has 0 spiro atoms. The van der Waals surface area contributed by atoms with Gasteiger partial charge in [0.15, 0.2) is 8.09 Å². The van der Waals surface area contributed by atoms with Gasteiger partial charge in [0.2, 0.25) is 0 Å². The topological polar surface area (TPSA) is 52.6 Å². The normalized spacial score (nSPS) is 9.68. The van der Waals surface area contributed by atoms with Crippen LogP contribution in [0.25, 0.3) is 0 Å². The summed E-state index contributed by atoms with van der Waals surface area (Å²) in [6.45, 7) is 6.69. The molecular weight excluding hydrogens is 421 g/mol. The maximum Gasteiger partial charge on any atom is 0.302 e. The molecule has 0 N–H and O–H groups in total. The van der Waals surface area contributed by atoms with Crippen molar-refractivity contribution >= 4 is 81.5 Å². The molecule has 0 aliphatic rings. The molecule has 0 atom stereocenters. The van der Waals surface area contributed by atoms with Gasteiger partial charge >= 0.3 is 11.9 Å². The van der Waals surface area contributed by atoms with Crippen molar-refractivity contribution in [3.8, 4) is 0 Å². The van der Waals surface area contributed by atoms with Crippen LogP contribution in [0.1, 0.15) is 26.7 Å². The van der Waals surface area contributed by atoms with Gasteiger partial charge in [-0.15, -0.1) is 0 Å². The molecule has 0 bridgehead atoms. The standard InChI is InChI=1S/C6H9Cl3O2.C5H8O2.CHCl3/c1-5(10)11-4-2-3-6(7,8)9;1-3-4-7-5(2)6;2-1(3)4/h2-4H2,1H3;3H,1,4H2,2H3;1H. The van der Waals surface area contributed by atoms with E-state index in [9.17, 15) is 9.59 Å². The minimum absolute atomic E-state index is 0.264. The molecule has 4 nitrogen and oxygen atoms in total. The Morgan fingerprint density at radius 3 is 1.73 bits per heavy atom. The summed E-state index contributed by atoms with van der Waals surface area (Å²) in [5.74, 6) is -0.575. The van der Waals surface area contributed by atoms with E-state index in [1.165, 1.54) is 19.9 Å². The van der Waals surface area contributed by atoms with Gasteiger partial charge in [-0.25, -0.2) is 0 Å². The van der Waals surface area contributed by atoms with Gasteiger partial charge in [-0.2, -0.15) is 0 Å². The Morgan fingerprint density at radius 2 is 1.50 bits per heavy atom. The molecule has 0 amide bonds. The third kappa shape index (κ3) is 49.9. The lowest BCUT2D eigenvalue weighted by molar-refractivity contribution is -0.141. The van der Waals surface area contributed by atoms with Crippen molar-refractivity contribution in [1.82, 2.24) is 0 Å². The highest BCUT2D eigenvalue weighted by Gasteiger charge is 2.18. The van der Waals surface area contributed by atoms with E-state index < -0.39 is 8.09 Å². The van der Waals surface area contributed by atoms with E-state index >= 15 is 0 Å². The van der Waals surface area contributed by atoms with Crippen LogP contribution in [-0.4, -0.2) is 33.2 Å². The second kappa shape index (κ2) is 17.8. The first kappa shape index (κ1) is 27.3. The Balaban J connectivity index is -0.000000280. The van der Waals surface area contributed by atoms with Crippen LogP contribution in [0.15, 0.2) is 12.7 Å². The predicted octanol–water partition coefficient (Wildman–Crippen LogP) is 5.42. The van der Waals surface area contributed by atoms with Crippen molar-refractivity contribution in [3.63, 3.8) is 0 Å². The van der Waals surface area contributed by atoms with Crippen molar-refractivity contribution in [2.75, 3.05) is 13.2 Å². The van der Waals surface area contributed by atoms with Crippen molar-refractivity contribution in [2.24, 2.45) is 0 Å². The van der Waals surface area contributed by atoms with Gasteiger partial charge in [-0.3, -0.25) is 9.59 Å². The zero-order chi connectivity index (χ0) is 18.2. The fourth-order valence-electron chi connectivity index (χ4n) is 0.665. The Kier molecular flexibility index (Phi) is 22.0. The fraction of sp³-hybridized carbons (Fsp3) is 0.667. The molecule has 22 heavy (non-hydrogen) atoms. The van der Waals surface area contributed by atoms with Crippen LogP contribution in [0.2, 0.25) is 0 Å². The second-order valence-electron chi connectivity index (χ2n) is 3.40. The van der Waals surface area contributed by atoms with Gasteiger partial charge < -0.3 is 9.47 Å². The van der Waals surface area contributed by atoms with Crippen LogP contribution in [0.4, 0.5) is 0 Å². The summed E-state index contributed by atoms with van der Waals surface area (Å²) in [6.07, 6.45) is 2.49. The number of hydrogen-bond donors (Lipinski definition) is 0. The highest BCUT2D eigenvalue weighted by atomic mass is 35.6. The minimum Gasteiger partial charge on any atom is -0.466 e. The fourth-order valence-corrected chi connectivity index (χ4v) is 1.07. The zero-order valence-corrected chi connectivity index (χ0v) is 16.6. The maximum atomic E-state index is 10.2. The molecule has 0 rings (SSSR count). The van der Waals surface area contributed by atoms with Crippen LogP contribution in [0.5, 0.6) is 0 Å². The van der Waals surface area contributed by atoms with Gasteiger partial charge in [-0.1, -0.05) is 82.3 Å². The monoisotopic (exact) mass is 436 g/mol. The quantitative estimate of drug-likeness (QED) is 0.249. The number of carbonyl (C=O) groups excluding carboxylic acids is 2. The first-order valence-corrected chi connectivity index (χ1v) is 8.23. The molecule has 0 unspecified atom stereocenters. The number of hydrogen-bond acceptors (Lipinski definition) is 4. The zero-order valence-electron chi connectivity index (χ0n) is 12.1. The Hall–Kier alpha value is 0.420. The number of carbonyl (C=O) groups is 2. The first-order chi connectivity index (χ1) is 9.92. The summed E-state index contributed by atoms with van der Waals surface area (Å²) in [6, 6.07) is 0. The van der Waals surface area contributed by atoms with Crippen molar-refractivity contribution in [3.05, 3.63) is 12.7 Å². The highest BCUT2D eigenvalue weighted by Crippen LogP contribution is 2.31. The summed E-state index contributed by atoms with van der Waals surface area (Å²) >= 11 is 30.7. The van der Waals surface area contributed by atoms with Crippen LogP contribution in [0.3, 0.4) is 0 Å². The van der Waals surface area contributed by atoms with Gasteiger partial charge in [0.25, 0.3) is 0 Å². The van der Waals surface area contributed by atoms with E-state index in [0.717, 1.165) is 0 Å². The maximum absolute atomic E-state index is 10.2. The third-order valence-electron chi connectivity index (χ3n) is 1.31. The molecule has 0 aromatic carbocycles. The molecule has 0 aliphatic carbocycles. The van der Waals surface area contributed by atoms with Gasteiger partial charge in [0.05, 0.1) is 6.61 Å². The average Bonchev–Trinajstić information content (AvgIpc) is 2.31. The van der Waals surface area contributed by atoms with E-state index in [1.807, 2.05) is 0 Å². The summed E-state index contributed by atoms with van der Waals surface area (Å²) < 4.78 is 7.07. The van der Waals surface area contributed by atoms with Crippen LogP contribution in [0, 0.1) is 0 Å².